The number of hydrogen-bond donors (Lipinski definition) is 0. The Labute approximate surface area is 236 Å². The van der Waals surface area contributed by atoms with E-state index in [9.17, 15) is 0 Å². The maximum Gasteiger partial charge on any atom is 0.119 e. The molecule has 0 atom stereocenters. The van der Waals surface area contributed by atoms with Crippen LogP contribution in [0.5, 0.6) is 5.75 Å². The summed E-state index contributed by atoms with van der Waals surface area (Å²) in [5.74, 6) is 0.850. The van der Waals surface area contributed by atoms with Crippen molar-refractivity contribution in [3.05, 3.63) is 95.9 Å². The molecule has 0 radical (unpaired) electrons. The lowest BCUT2D eigenvalue weighted by Crippen LogP contribution is -2.38. The molecule has 1 aliphatic heterocycles. The number of ether oxygens (including phenoxy) is 4. The minimum atomic E-state index is 0.438. The van der Waals surface area contributed by atoms with Gasteiger partial charge in [-0.3, -0.25) is 14.9 Å². The molecule has 0 unspecified atom stereocenters. The lowest BCUT2D eigenvalue weighted by atomic mass is 10.1. The molecular weight excluding hydrogens is 504 g/mol. The van der Waals surface area contributed by atoms with Crippen LogP contribution < -0.4 is 9.64 Å². The maximum absolute atomic E-state index is 5.90. The first-order valence-electron chi connectivity index (χ1n) is 13.9. The monoisotopic (exact) mass is 542 g/mol. The van der Waals surface area contributed by atoms with E-state index in [4.69, 9.17) is 18.9 Å². The quantitative estimate of drug-likeness (QED) is 0.212. The van der Waals surface area contributed by atoms with Gasteiger partial charge in [0.2, 0.25) is 0 Å². The average molecular weight is 543 g/mol. The van der Waals surface area contributed by atoms with E-state index in [0.717, 1.165) is 74.0 Å². The number of morpholine rings is 1. The van der Waals surface area contributed by atoms with E-state index >= 15 is 0 Å². The van der Waals surface area contributed by atoms with Crippen LogP contribution in [0.4, 0.5) is 5.69 Å². The van der Waals surface area contributed by atoms with Crippen LogP contribution in [-0.4, -0.2) is 74.6 Å². The van der Waals surface area contributed by atoms with Gasteiger partial charge < -0.3 is 23.8 Å². The molecule has 3 heterocycles. The van der Waals surface area contributed by atoms with Crippen molar-refractivity contribution >= 4 is 16.6 Å². The lowest BCUT2D eigenvalue weighted by molar-refractivity contribution is 0.00553. The van der Waals surface area contributed by atoms with E-state index in [1.807, 2.05) is 30.6 Å². The molecular formula is C32H38N4O4. The standard InChI is InChI=1S/C32H38N4O4/c1-37-31-6-2-4-26(20-31)23-36(24-27-7-8-28-5-3-10-34-32(28)21-27)30-9-11-33-29(22-30)25-40-19-18-39-17-14-35-12-15-38-16-13-35/h2-11,20-22H,12-19,23-25H2,1H3. The molecule has 1 saturated heterocycles. The second-order valence-corrected chi connectivity index (χ2v) is 9.86. The summed E-state index contributed by atoms with van der Waals surface area (Å²) in [6, 6.07) is 22.9. The maximum atomic E-state index is 5.90. The fourth-order valence-corrected chi connectivity index (χ4v) is 4.82. The first-order valence-corrected chi connectivity index (χ1v) is 13.9. The molecule has 1 fully saturated rings. The van der Waals surface area contributed by atoms with E-state index in [1.54, 1.807) is 7.11 Å². The number of benzene rings is 2. The third-order valence-corrected chi connectivity index (χ3v) is 6.99. The van der Waals surface area contributed by atoms with Crippen LogP contribution >= 0.6 is 0 Å². The van der Waals surface area contributed by atoms with Crippen LogP contribution in [0.15, 0.2) is 79.1 Å². The van der Waals surface area contributed by atoms with Gasteiger partial charge >= 0.3 is 0 Å². The highest BCUT2D eigenvalue weighted by Gasteiger charge is 2.12. The van der Waals surface area contributed by atoms with Crippen LogP contribution in [0.25, 0.3) is 10.9 Å². The van der Waals surface area contributed by atoms with Crippen molar-refractivity contribution < 1.29 is 18.9 Å². The zero-order valence-corrected chi connectivity index (χ0v) is 23.2. The molecule has 210 valence electrons. The second kappa shape index (κ2) is 14.7. The number of rotatable bonds is 14. The molecule has 0 spiro atoms. The summed E-state index contributed by atoms with van der Waals surface area (Å²) < 4.78 is 22.5. The van der Waals surface area contributed by atoms with Gasteiger partial charge in [-0.15, -0.1) is 0 Å². The van der Waals surface area contributed by atoms with Gasteiger partial charge in [0, 0.05) is 56.2 Å². The van der Waals surface area contributed by atoms with Crippen molar-refractivity contribution in [3.8, 4) is 5.75 Å². The summed E-state index contributed by atoms with van der Waals surface area (Å²) in [5, 5.41) is 1.14. The highest BCUT2D eigenvalue weighted by atomic mass is 16.5. The van der Waals surface area contributed by atoms with Gasteiger partial charge in [0.1, 0.15) is 5.75 Å². The molecule has 2 aromatic heterocycles. The van der Waals surface area contributed by atoms with Crippen LogP contribution in [0, 0.1) is 0 Å². The Morgan fingerprint density at radius 3 is 2.55 bits per heavy atom. The first kappa shape index (κ1) is 28.0. The van der Waals surface area contributed by atoms with E-state index in [0.29, 0.717) is 26.4 Å². The summed E-state index contributed by atoms with van der Waals surface area (Å²) in [5.41, 5.74) is 5.33. The zero-order chi connectivity index (χ0) is 27.4. The van der Waals surface area contributed by atoms with Crippen molar-refractivity contribution in [1.29, 1.82) is 0 Å². The second-order valence-electron chi connectivity index (χ2n) is 9.86. The Bertz CT molecular complexity index is 1350. The van der Waals surface area contributed by atoms with Gasteiger partial charge in [0.25, 0.3) is 0 Å². The number of hydrogen-bond acceptors (Lipinski definition) is 8. The molecule has 8 nitrogen and oxygen atoms in total. The van der Waals surface area contributed by atoms with Gasteiger partial charge in [0.05, 0.1) is 58.0 Å². The summed E-state index contributed by atoms with van der Waals surface area (Å²) in [6.45, 7) is 8.22. The van der Waals surface area contributed by atoms with E-state index in [-0.39, 0.29) is 0 Å². The summed E-state index contributed by atoms with van der Waals surface area (Å²) >= 11 is 0. The van der Waals surface area contributed by atoms with Crippen molar-refractivity contribution in [2.45, 2.75) is 19.7 Å². The molecule has 0 saturated carbocycles. The highest BCUT2D eigenvalue weighted by molar-refractivity contribution is 5.79. The van der Waals surface area contributed by atoms with E-state index in [1.165, 1.54) is 11.1 Å². The molecule has 0 N–H and O–H groups in total. The minimum Gasteiger partial charge on any atom is -0.497 e. The van der Waals surface area contributed by atoms with Crippen LogP contribution in [0.1, 0.15) is 16.8 Å². The van der Waals surface area contributed by atoms with E-state index < -0.39 is 0 Å². The molecule has 1 aliphatic rings. The molecule has 8 heteroatoms. The molecule has 0 aliphatic carbocycles. The van der Waals surface area contributed by atoms with Crippen molar-refractivity contribution in [1.82, 2.24) is 14.9 Å². The third kappa shape index (κ3) is 8.22. The largest absolute Gasteiger partial charge is 0.497 e. The Hall–Kier alpha value is -3.56. The van der Waals surface area contributed by atoms with Crippen LogP contribution in [0.3, 0.4) is 0 Å². The van der Waals surface area contributed by atoms with Crippen molar-refractivity contribution in [3.63, 3.8) is 0 Å². The Kier molecular flexibility index (Phi) is 10.3. The average Bonchev–Trinajstić information content (AvgIpc) is 3.01. The Balaban J connectivity index is 1.20. The Morgan fingerprint density at radius 1 is 0.825 bits per heavy atom. The third-order valence-electron chi connectivity index (χ3n) is 6.99. The predicted octanol–water partition coefficient (Wildman–Crippen LogP) is 4.71. The van der Waals surface area contributed by atoms with Gasteiger partial charge in [-0.05, 0) is 47.5 Å². The predicted molar refractivity (Wildman–Crippen MR) is 157 cm³/mol. The summed E-state index contributed by atoms with van der Waals surface area (Å²) in [7, 11) is 1.70. The number of pyridine rings is 2. The minimum absolute atomic E-state index is 0.438. The fraction of sp³-hybridized carbons (Fsp3) is 0.375. The molecule has 4 aromatic rings. The molecule has 5 rings (SSSR count). The SMILES string of the molecule is COc1cccc(CN(Cc2ccc3cccnc3c2)c2ccnc(COCCOCCN3CCOCC3)c2)c1. The Morgan fingerprint density at radius 2 is 1.68 bits per heavy atom. The van der Waals surface area contributed by atoms with Gasteiger partial charge in [-0.25, -0.2) is 0 Å². The van der Waals surface area contributed by atoms with Gasteiger partial charge in [-0.2, -0.15) is 0 Å². The fourth-order valence-electron chi connectivity index (χ4n) is 4.82. The number of nitrogens with zero attached hydrogens (tertiary/aromatic N) is 4. The number of aromatic nitrogens is 2. The molecule has 0 bridgehead atoms. The topological polar surface area (TPSA) is 69.2 Å². The number of methoxy groups -OCH3 is 1. The molecule has 40 heavy (non-hydrogen) atoms. The highest BCUT2D eigenvalue weighted by Crippen LogP contribution is 2.24. The molecule has 0 amide bonds. The zero-order valence-electron chi connectivity index (χ0n) is 23.2. The summed E-state index contributed by atoms with van der Waals surface area (Å²) in [4.78, 5) is 13.8. The molecule has 2 aromatic carbocycles. The van der Waals surface area contributed by atoms with E-state index in [2.05, 4.69) is 68.3 Å². The number of fused-ring (bicyclic) bond motifs is 1. The smallest absolute Gasteiger partial charge is 0.119 e. The van der Waals surface area contributed by atoms with Crippen molar-refractivity contribution in [2.24, 2.45) is 0 Å². The first-order chi connectivity index (χ1) is 19.8. The lowest BCUT2D eigenvalue weighted by Gasteiger charge is -2.26. The van der Waals surface area contributed by atoms with Gasteiger partial charge in [-0.1, -0.05) is 30.3 Å². The van der Waals surface area contributed by atoms with Crippen LogP contribution in [-0.2, 0) is 33.9 Å². The van der Waals surface area contributed by atoms with Gasteiger partial charge in [0.15, 0.2) is 0 Å². The van der Waals surface area contributed by atoms with Crippen molar-refractivity contribution in [2.75, 3.05) is 64.7 Å². The van der Waals surface area contributed by atoms with Crippen LogP contribution in [0.2, 0.25) is 0 Å². The summed E-state index contributed by atoms with van der Waals surface area (Å²) in [6.07, 6.45) is 3.69. The normalized spacial score (nSPS) is 13.9. The number of anilines is 1.